The van der Waals surface area contributed by atoms with Crippen molar-refractivity contribution in [3.63, 3.8) is 0 Å². The van der Waals surface area contributed by atoms with E-state index in [2.05, 4.69) is 37.7 Å². The summed E-state index contributed by atoms with van der Waals surface area (Å²) in [5, 5.41) is 11.0. The van der Waals surface area contributed by atoms with Gasteiger partial charge in [-0.1, -0.05) is 44.6 Å². The number of nitrogens with zero attached hydrogens (tertiary/aromatic N) is 3. The van der Waals surface area contributed by atoms with E-state index in [-0.39, 0.29) is 0 Å². The van der Waals surface area contributed by atoms with E-state index in [0.29, 0.717) is 0 Å². The van der Waals surface area contributed by atoms with Crippen LogP contribution in [0, 0.1) is 5.92 Å². The Morgan fingerprint density at radius 1 is 1.31 bits per heavy atom. The Bertz CT molecular complexity index is 785. The number of anilines is 1. The molecule has 0 radical (unpaired) electrons. The average Bonchev–Trinajstić information content (AvgIpc) is 2.85. The van der Waals surface area contributed by atoms with E-state index in [9.17, 15) is 0 Å². The zero-order valence-electron chi connectivity index (χ0n) is 15.6. The summed E-state index contributed by atoms with van der Waals surface area (Å²) in [6.07, 6.45) is 16.9. The minimum atomic E-state index is 0.743. The molecule has 140 valence electrons. The molecular formula is C20H28BrN5. The summed E-state index contributed by atoms with van der Waals surface area (Å²) < 4.78 is 2.79. The zero-order valence-corrected chi connectivity index (χ0v) is 17.2. The first-order valence-electron chi connectivity index (χ1n) is 9.51. The van der Waals surface area contributed by atoms with Crippen LogP contribution < -0.4 is 10.6 Å². The van der Waals surface area contributed by atoms with Crippen LogP contribution in [-0.2, 0) is 6.42 Å². The average molecular weight is 418 g/mol. The lowest BCUT2D eigenvalue weighted by Crippen LogP contribution is -2.10. The van der Waals surface area contributed by atoms with Crippen molar-refractivity contribution in [3.8, 4) is 0 Å². The second-order valence-electron chi connectivity index (χ2n) is 6.91. The van der Waals surface area contributed by atoms with Crippen LogP contribution in [0.3, 0.4) is 0 Å². The fraction of sp³-hybridized carbons (Fsp3) is 0.500. The largest absolute Gasteiger partial charge is 0.394 e. The van der Waals surface area contributed by atoms with Crippen LogP contribution >= 0.6 is 15.9 Å². The van der Waals surface area contributed by atoms with Crippen molar-refractivity contribution in [3.05, 3.63) is 46.5 Å². The van der Waals surface area contributed by atoms with Crippen molar-refractivity contribution < 1.29 is 0 Å². The minimum Gasteiger partial charge on any atom is -0.394 e. The number of aromatic nitrogens is 3. The first kappa shape index (κ1) is 19.0. The molecule has 1 aliphatic rings. The maximum Gasteiger partial charge on any atom is 0.171 e. The van der Waals surface area contributed by atoms with Crippen molar-refractivity contribution in [2.24, 2.45) is 5.92 Å². The van der Waals surface area contributed by atoms with Crippen molar-refractivity contribution >= 4 is 27.4 Å². The molecule has 2 heterocycles. The normalized spacial score (nSPS) is 17.0. The molecule has 2 aromatic heterocycles. The summed E-state index contributed by atoms with van der Waals surface area (Å²) >= 11 is 3.59. The van der Waals surface area contributed by atoms with Crippen LogP contribution in [-0.4, -0.2) is 21.6 Å². The Morgan fingerprint density at radius 3 is 2.77 bits per heavy atom. The molecule has 3 rings (SSSR count). The molecule has 0 unspecified atom stereocenters. The Morgan fingerprint density at radius 2 is 2.08 bits per heavy atom. The molecule has 0 atom stereocenters. The number of halogens is 1. The van der Waals surface area contributed by atoms with Crippen LogP contribution in [0.4, 0.5) is 5.82 Å². The lowest BCUT2D eigenvalue weighted by atomic mass is 9.95. The van der Waals surface area contributed by atoms with E-state index < -0.39 is 0 Å². The van der Waals surface area contributed by atoms with Gasteiger partial charge in [0.1, 0.15) is 5.82 Å². The summed E-state index contributed by atoms with van der Waals surface area (Å²) in [6.45, 7) is 2.02. The van der Waals surface area contributed by atoms with Gasteiger partial charge in [-0.05, 0) is 47.5 Å². The molecule has 1 saturated carbocycles. The number of nitrogens with one attached hydrogen (secondary N) is 2. The van der Waals surface area contributed by atoms with E-state index in [4.69, 9.17) is 4.98 Å². The fourth-order valence-corrected chi connectivity index (χ4v) is 3.92. The lowest BCUT2D eigenvalue weighted by Gasteiger charge is -2.15. The molecule has 0 amide bonds. The van der Waals surface area contributed by atoms with Gasteiger partial charge >= 0.3 is 0 Å². The molecule has 0 saturated heterocycles. The number of fused-ring (bicyclic) bond motifs is 1. The fourth-order valence-electron chi connectivity index (χ4n) is 3.57. The SMILES string of the molecule is C/C=C(\C=C/NC)Nc1cc(CC2CCCCCC2)nc2c(Br)cnn12. The third kappa shape index (κ3) is 4.67. The van der Waals surface area contributed by atoms with E-state index >= 15 is 0 Å². The molecule has 2 aromatic rings. The van der Waals surface area contributed by atoms with Gasteiger partial charge in [0, 0.05) is 24.5 Å². The van der Waals surface area contributed by atoms with Crippen LogP contribution in [0.5, 0.6) is 0 Å². The van der Waals surface area contributed by atoms with Crippen LogP contribution in [0.15, 0.2) is 40.8 Å². The molecular weight excluding hydrogens is 390 g/mol. The first-order chi connectivity index (χ1) is 12.7. The molecule has 26 heavy (non-hydrogen) atoms. The monoisotopic (exact) mass is 417 g/mol. The zero-order chi connectivity index (χ0) is 18.4. The molecule has 0 bridgehead atoms. The maximum atomic E-state index is 4.88. The van der Waals surface area contributed by atoms with Gasteiger partial charge in [-0.3, -0.25) is 0 Å². The second kappa shape index (κ2) is 9.21. The Balaban J connectivity index is 1.89. The smallest absolute Gasteiger partial charge is 0.171 e. The Labute approximate surface area is 164 Å². The summed E-state index contributed by atoms with van der Waals surface area (Å²) in [6, 6.07) is 2.15. The van der Waals surface area contributed by atoms with E-state index in [1.165, 1.54) is 38.5 Å². The van der Waals surface area contributed by atoms with Gasteiger partial charge in [0.2, 0.25) is 0 Å². The number of hydrogen-bond acceptors (Lipinski definition) is 4. The first-order valence-corrected chi connectivity index (χ1v) is 10.3. The van der Waals surface area contributed by atoms with E-state index in [0.717, 1.165) is 39.7 Å². The van der Waals surface area contributed by atoms with Crippen LogP contribution in [0.25, 0.3) is 5.65 Å². The Hall–Kier alpha value is -1.82. The van der Waals surface area contributed by atoms with Crippen LogP contribution in [0.1, 0.15) is 51.1 Å². The van der Waals surface area contributed by atoms with E-state index in [1.54, 1.807) is 0 Å². The number of allylic oxidation sites excluding steroid dienone is 2. The maximum absolute atomic E-state index is 4.88. The highest BCUT2D eigenvalue weighted by Gasteiger charge is 2.16. The van der Waals surface area contributed by atoms with Gasteiger partial charge in [0.05, 0.1) is 10.7 Å². The van der Waals surface area contributed by atoms with Gasteiger partial charge in [0.25, 0.3) is 0 Å². The second-order valence-corrected chi connectivity index (χ2v) is 7.77. The summed E-state index contributed by atoms with van der Waals surface area (Å²) in [4.78, 5) is 4.88. The van der Waals surface area contributed by atoms with Gasteiger partial charge in [-0.2, -0.15) is 9.61 Å². The number of hydrogen-bond donors (Lipinski definition) is 2. The van der Waals surface area contributed by atoms with Gasteiger partial charge < -0.3 is 10.6 Å². The topological polar surface area (TPSA) is 54.2 Å². The van der Waals surface area contributed by atoms with E-state index in [1.807, 2.05) is 43.0 Å². The van der Waals surface area contributed by atoms with Crippen molar-refractivity contribution in [1.29, 1.82) is 0 Å². The third-order valence-electron chi connectivity index (χ3n) is 4.97. The molecule has 0 aliphatic heterocycles. The predicted octanol–water partition coefficient (Wildman–Crippen LogP) is 5.05. The van der Waals surface area contributed by atoms with Gasteiger partial charge in [-0.15, -0.1) is 0 Å². The third-order valence-corrected chi connectivity index (χ3v) is 5.53. The van der Waals surface area contributed by atoms with Crippen molar-refractivity contribution in [2.75, 3.05) is 12.4 Å². The molecule has 0 spiro atoms. The quantitative estimate of drug-likeness (QED) is 0.509. The number of rotatable bonds is 6. The summed E-state index contributed by atoms with van der Waals surface area (Å²) in [5.74, 6) is 1.69. The molecule has 0 aromatic carbocycles. The summed E-state index contributed by atoms with van der Waals surface area (Å²) in [5.41, 5.74) is 3.02. The standard InChI is InChI=1S/C20H28BrN5/c1-3-16(10-11-22-2)24-19-13-17(12-15-8-6-4-5-7-9-15)25-20-18(21)14-23-26(19)20/h3,10-11,13-15,22,24H,4-9,12H2,1-2H3/b11-10-,16-3+. The van der Waals surface area contributed by atoms with Crippen LogP contribution in [0.2, 0.25) is 0 Å². The summed E-state index contributed by atoms with van der Waals surface area (Å²) in [7, 11) is 1.89. The van der Waals surface area contributed by atoms with Gasteiger partial charge in [0.15, 0.2) is 5.65 Å². The highest BCUT2D eigenvalue weighted by molar-refractivity contribution is 9.10. The molecule has 1 aliphatic carbocycles. The molecule has 5 nitrogen and oxygen atoms in total. The molecule has 1 fully saturated rings. The molecule has 2 N–H and O–H groups in total. The predicted molar refractivity (Wildman–Crippen MR) is 111 cm³/mol. The lowest BCUT2D eigenvalue weighted by molar-refractivity contribution is 0.453. The minimum absolute atomic E-state index is 0.743. The highest BCUT2D eigenvalue weighted by atomic mass is 79.9. The van der Waals surface area contributed by atoms with Crippen molar-refractivity contribution in [1.82, 2.24) is 19.9 Å². The van der Waals surface area contributed by atoms with Crippen molar-refractivity contribution in [2.45, 2.75) is 51.9 Å². The molecule has 6 heteroatoms. The van der Waals surface area contributed by atoms with Gasteiger partial charge in [-0.25, -0.2) is 4.98 Å². The Kier molecular flexibility index (Phi) is 6.72. The highest BCUT2D eigenvalue weighted by Crippen LogP contribution is 2.28.